The molecule has 7 nitrogen and oxygen atoms in total. The van der Waals surface area contributed by atoms with Gasteiger partial charge in [0.2, 0.25) is 5.91 Å². The van der Waals surface area contributed by atoms with E-state index in [0.29, 0.717) is 25.9 Å². The second-order valence-electron chi connectivity index (χ2n) is 4.75. The Labute approximate surface area is 105 Å². The molecule has 0 aromatic heterocycles. The van der Waals surface area contributed by atoms with E-state index in [0.717, 1.165) is 17.7 Å². The molecule has 18 heavy (non-hydrogen) atoms. The van der Waals surface area contributed by atoms with E-state index in [1.807, 2.05) is 0 Å². The maximum atomic E-state index is 12.2. The molecular formula is C11H18N4O3. The van der Waals surface area contributed by atoms with Gasteiger partial charge in [-0.1, -0.05) is 12.8 Å². The number of carbonyl (C=O) groups excluding carboxylic acids is 3. The van der Waals surface area contributed by atoms with Crippen LogP contribution in [0, 0.1) is 0 Å². The van der Waals surface area contributed by atoms with Crippen molar-refractivity contribution in [1.29, 1.82) is 0 Å². The lowest BCUT2D eigenvalue weighted by molar-refractivity contribution is -0.134. The number of urea groups is 1. The second-order valence-corrected chi connectivity index (χ2v) is 4.75. The van der Waals surface area contributed by atoms with E-state index in [-0.39, 0.29) is 18.4 Å². The third kappa shape index (κ3) is 2.17. The predicted octanol–water partition coefficient (Wildman–Crippen LogP) is -1.07. The minimum Gasteiger partial charge on any atom is -0.353 e. The van der Waals surface area contributed by atoms with Crippen LogP contribution in [0.4, 0.5) is 4.79 Å². The van der Waals surface area contributed by atoms with Gasteiger partial charge in [0.25, 0.3) is 5.91 Å². The highest BCUT2D eigenvalue weighted by Gasteiger charge is 2.52. The van der Waals surface area contributed by atoms with Crippen LogP contribution >= 0.6 is 0 Å². The summed E-state index contributed by atoms with van der Waals surface area (Å²) in [6.45, 7) is 0.440. The summed E-state index contributed by atoms with van der Waals surface area (Å²) < 4.78 is 0. The smallest absolute Gasteiger partial charge is 0.325 e. The first kappa shape index (κ1) is 12.8. The molecule has 1 spiro atoms. The van der Waals surface area contributed by atoms with Crippen molar-refractivity contribution in [2.24, 2.45) is 5.73 Å². The van der Waals surface area contributed by atoms with Crippen LogP contribution in [0.1, 0.15) is 25.7 Å². The zero-order chi connectivity index (χ0) is 13.2. The Kier molecular flexibility index (Phi) is 3.51. The van der Waals surface area contributed by atoms with Gasteiger partial charge in [-0.2, -0.15) is 0 Å². The zero-order valence-electron chi connectivity index (χ0n) is 10.2. The van der Waals surface area contributed by atoms with Crippen LogP contribution in [-0.4, -0.2) is 47.9 Å². The molecule has 0 aromatic carbocycles. The first-order valence-electron chi connectivity index (χ1n) is 6.20. The lowest BCUT2D eigenvalue weighted by atomic mass is 9.98. The van der Waals surface area contributed by atoms with Gasteiger partial charge < -0.3 is 16.4 Å². The van der Waals surface area contributed by atoms with Crippen LogP contribution in [0.5, 0.6) is 0 Å². The number of nitrogens with one attached hydrogen (secondary N) is 2. The number of rotatable bonds is 4. The highest BCUT2D eigenvalue weighted by Crippen LogP contribution is 2.34. The lowest BCUT2D eigenvalue weighted by Crippen LogP contribution is -2.45. The average Bonchev–Trinajstić information content (AvgIpc) is 2.89. The van der Waals surface area contributed by atoms with Gasteiger partial charge in [-0.15, -0.1) is 0 Å². The zero-order valence-corrected chi connectivity index (χ0v) is 10.2. The third-order valence-electron chi connectivity index (χ3n) is 3.47. The van der Waals surface area contributed by atoms with Gasteiger partial charge in [0, 0.05) is 13.1 Å². The molecule has 4 amide bonds. The molecule has 0 atom stereocenters. The van der Waals surface area contributed by atoms with Crippen molar-refractivity contribution in [3.63, 3.8) is 0 Å². The predicted molar refractivity (Wildman–Crippen MR) is 63.5 cm³/mol. The molecule has 2 fully saturated rings. The summed E-state index contributed by atoms with van der Waals surface area (Å²) in [4.78, 5) is 36.4. The van der Waals surface area contributed by atoms with Gasteiger partial charge >= 0.3 is 6.03 Å². The average molecular weight is 254 g/mol. The Bertz CT molecular complexity index is 376. The van der Waals surface area contributed by atoms with Crippen molar-refractivity contribution < 1.29 is 14.4 Å². The molecule has 4 N–H and O–H groups in total. The summed E-state index contributed by atoms with van der Waals surface area (Å²) in [5, 5.41) is 5.26. The molecule has 7 heteroatoms. The Morgan fingerprint density at radius 2 is 2.06 bits per heavy atom. The first-order valence-corrected chi connectivity index (χ1v) is 6.20. The van der Waals surface area contributed by atoms with Crippen molar-refractivity contribution in [3.8, 4) is 0 Å². The monoisotopic (exact) mass is 254 g/mol. The van der Waals surface area contributed by atoms with Crippen LogP contribution in [0.25, 0.3) is 0 Å². The first-order chi connectivity index (χ1) is 8.59. The van der Waals surface area contributed by atoms with Gasteiger partial charge in [0.1, 0.15) is 12.1 Å². The van der Waals surface area contributed by atoms with Crippen molar-refractivity contribution >= 4 is 17.8 Å². The van der Waals surface area contributed by atoms with Crippen LogP contribution < -0.4 is 16.4 Å². The Morgan fingerprint density at radius 3 is 2.67 bits per heavy atom. The Morgan fingerprint density at radius 1 is 1.39 bits per heavy atom. The maximum Gasteiger partial charge on any atom is 0.325 e. The number of nitrogens with zero attached hydrogens (tertiary/aromatic N) is 1. The highest BCUT2D eigenvalue weighted by atomic mass is 16.2. The molecule has 0 aromatic rings. The molecule has 1 aliphatic carbocycles. The van der Waals surface area contributed by atoms with E-state index in [1.54, 1.807) is 0 Å². The molecule has 1 saturated heterocycles. The van der Waals surface area contributed by atoms with Crippen LogP contribution in [0.2, 0.25) is 0 Å². The second kappa shape index (κ2) is 4.93. The summed E-state index contributed by atoms with van der Waals surface area (Å²) in [5.41, 5.74) is 4.51. The molecule has 2 aliphatic rings. The van der Waals surface area contributed by atoms with E-state index in [9.17, 15) is 14.4 Å². The van der Waals surface area contributed by atoms with Crippen LogP contribution in [0.15, 0.2) is 0 Å². The van der Waals surface area contributed by atoms with Crippen molar-refractivity contribution in [2.45, 2.75) is 31.2 Å². The number of imide groups is 1. The standard InChI is InChI=1S/C11H18N4O3/c12-5-6-13-8(16)7-15-9(17)11(14-10(15)18)3-1-2-4-11/h1-7,12H2,(H,13,16)(H,14,18). The quantitative estimate of drug-likeness (QED) is 0.555. The SMILES string of the molecule is NCCNC(=O)CN1C(=O)NC2(CCCC2)C1=O. The molecular weight excluding hydrogens is 236 g/mol. The minimum atomic E-state index is -0.745. The molecule has 0 radical (unpaired) electrons. The summed E-state index contributed by atoms with van der Waals surface area (Å²) in [7, 11) is 0. The summed E-state index contributed by atoms with van der Waals surface area (Å²) in [6.07, 6.45) is 3.19. The van der Waals surface area contributed by atoms with Crippen LogP contribution in [-0.2, 0) is 9.59 Å². The maximum absolute atomic E-state index is 12.2. The van der Waals surface area contributed by atoms with Gasteiger partial charge in [-0.25, -0.2) is 4.79 Å². The minimum absolute atomic E-state index is 0.230. The highest BCUT2D eigenvalue weighted by molar-refractivity contribution is 6.09. The summed E-state index contributed by atoms with van der Waals surface area (Å²) >= 11 is 0. The molecule has 1 saturated carbocycles. The van der Waals surface area contributed by atoms with Gasteiger partial charge in [-0.05, 0) is 12.8 Å². The van der Waals surface area contributed by atoms with E-state index >= 15 is 0 Å². The molecule has 1 heterocycles. The topological polar surface area (TPSA) is 105 Å². The van der Waals surface area contributed by atoms with E-state index in [1.165, 1.54) is 0 Å². The number of carbonyl (C=O) groups is 3. The lowest BCUT2D eigenvalue weighted by Gasteiger charge is -2.19. The molecule has 100 valence electrons. The van der Waals surface area contributed by atoms with Crippen LogP contribution in [0.3, 0.4) is 0 Å². The largest absolute Gasteiger partial charge is 0.353 e. The fourth-order valence-electron chi connectivity index (χ4n) is 2.55. The molecule has 2 rings (SSSR count). The molecule has 1 aliphatic heterocycles. The number of hydrogen-bond donors (Lipinski definition) is 3. The van der Waals surface area contributed by atoms with Gasteiger partial charge in [0.15, 0.2) is 0 Å². The molecule has 0 unspecified atom stereocenters. The Hall–Kier alpha value is -1.63. The third-order valence-corrected chi connectivity index (χ3v) is 3.47. The number of amides is 4. The van der Waals surface area contributed by atoms with Crippen molar-refractivity contribution in [2.75, 3.05) is 19.6 Å². The summed E-state index contributed by atoms with van der Waals surface area (Å²) in [5.74, 6) is -0.633. The van der Waals surface area contributed by atoms with Crippen molar-refractivity contribution in [3.05, 3.63) is 0 Å². The van der Waals surface area contributed by atoms with Gasteiger partial charge in [0.05, 0.1) is 0 Å². The van der Waals surface area contributed by atoms with Crippen molar-refractivity contribution in [1.82, 2.24) is 15.5 Å². The fourth-order valence-corrected chi connectivity index (χ4v) is 2.55. The summed E-state index contributed by atoms with van der Waals surface area (Å²) in [6, 6.07) is -0.468. The number of hydrogen-bond acceptors (Lipinski definition) is 4. The van der Waals surface area contributed by atoms with Gasteiger partial charge in [-0.3, -0.25) is 14.5 Å². The fraction of sp³-hybridized carbons (Fsp3) is 0.727. The Balaban J connectivity index is 1.99. The van der Waals surface area contributed by atoms with E-state index in [2.05, 4.69) is 10.6 Å². The van der Waals surface area contributed by atoms with E-state index in [4.69, 9.17) is 5.73 Å². The normalized spacial score (nSPS) is 21.5. The van der Waals surface area contributed by atoms with E-state index < -0.39 is 11.6 Å². The number of nitrogens with two attached hydrogens (primary N) is 1. The molecule has 0 bridgehead atoms.